The van der Waals surface area contributed by atoms with Gasteiger partial charge in [0.2, 0.25) is 0 Å². The van der Waals surface area contributed by atoms with Crippen LogP contribution in [0, 0.1) is 0 Å². The van der Waals surface area contributed by atoms with E-state index in [4.69, 9.17) is 9.47 Å². The number of hydrogen-bond acceptors (Lipinski definition) is 5. The van der Waals surface area contributed by atoms with Gasteiger partial charge in [0.15, 0.2) is 0 Å². The van der Waals surface area contributed by atoms with Crippen LogP contribution in [0.5, 0.6) is 0 Å². The zero-order valence-corrected chi connectivity index (χ0v) is 12.1. The van der Waals surface area contributed by atoms with Crippen LogP contribution in [0.15, 0.2) is 23.8 Å². The normalized spacial score (nSPS) is 20.0. The number of hydrogen-bond donors (Lipinski definition) is 1. The first-order valence-corrected chi connectivity index (χ1v) is 7.00. The summed E-state index contributed by atoms with van der Waals surface area (Å²) in [6, 6.07) is 5.83. The lowest BCUT2D eigenvalue weighted by molar-refractivity contribution is -0.222. The molecule has 0 aliphatic carbocycles. The van der Waals surface area contributed by atoms with E-state index in [1.807, 2.05) is 18.2 Å². The molecule has 0 unspecified atom stereocenters. The third-order valence-electron chi connectivity index (χ3n) is 3.52. The van der Waals surface area contributed by atoms with Crippen molar-refractivity contribution in [3.63, 3.8) is 0 Å². The lowest BCUT2D eigenvalue weighted by atomic mass is 9.98. The maximum absolute atomic E-state index is 12.0. The fraction of sp³-hybridized carbons (Fsp3) is 0.375. The molecule has 5 heteroatoms. The van der Waals surface area contributed by atoms with E-state index in [0.717, 1.165) is 30.6 Å². The average Bonchev–Trinajstić information content (AvgIpc) is 2.42. The van der Waals surface area contributed by atoms with Crippen molar-refractivity contribution in [1.29, 1.82) is 0 Å². The van der Waals surface area contributed by atoms with Crippen LogP contribution in [-0.4, -0.2) is 24.3 Å². The Morgan fingerprint density at radius 1 is 1.19 bits per heavy atom. The summed E-state index contributed by atoms with van der Waals surface area (Å²) in [5, 5.41) is 3.32. The Kier molecular flexibility index (Phi) is 3.20. The molecule has 1 aromatic carbocycles. The smallest absolute Gasteiger partial charge is 0.348 e. The topological polar surface area (TPSA) is 64.6 Å². The Labute approximate surface area is 122 Å². The van der Waals surface area contributed by atoms with Gasteiger partial charge in [0.05, 0.1) is 0 Å². The third kappa shape index (κ3) is 2.63. The summed E-state index contributed by atoms with van der Waals surface area (Å²) in [5.74, 6) is -2.51. The van der Waals surface area contributed by atoms with Gasteiger partial charge in [-0.15, -0.1) is 0 Å². The van der Waals surface area contributed by atoms with Crippen LogP contribution in [0.1, 0.15) is 31.4 Å². The summed E-state index contributed by atoms with van der Waals surface area (Å²) >= 11 is 0. The Bertz CT molecular complexity index is 624. The maximum atomic E-state index is 12.0. The Hall–Kier alpha value is -2.30. The molecular formula is C16H17NO4. The summed E-state index contributed by atoms with van der Waals surface area (Å²) in [5.41, 5.74) is 2.89. The average molecular weight is 287 g/mol. The van der Waals surface area contributed by atoms with Crippen molar-refractivity contribution in [2.24, 2.45) is 0 Å². The molecule has 1 fully saturated rings. The van der Waals surface area contributed by atoms with Crippen LogP contribution < -0.4 is 5.32 Å². The highest BCUT2D eigenvalue weighted by molar-refractivity contribution is 6.19. The van der Waals surface area contributed by atoms with Crippen LogP contribution in [0.2, 0.25) is 0 Å². The van der Waals surface area contributed by atoms with E-state index in [-0.39, 0.29) is 5.57 Å². The van der Waals surface area contributed by atoms with Gasteiger partial charge in [-0.05, 0) is 30.0 Å². The van der Waals surface area contributed by atoms with E-state index in [1.54, 1.807) is 0 Å². The number of cyclic esters (lactones) is 2. The highest BCUT2D eigenvalue weighted by Gasteiger charge is 2.39. The summed E-state index contributed by atoms with van der Waals surface area (Å²) < 4.78 is 10.2. The van der Waals surface area contributed by atoms with Crippen LogP contribution in [0.4, 0.5) is 5.69 Å². The highest BCUT2D eigenvalue weighted by atomic mass is 16.7. The molecule has 1 saturated heterocycles. The minimum Gasteiger partial charge on any atom is -0.419 e. The molecule has 1 aromatic rings. The monoisotopic (exact) mass is 287 g/mol. The van der Waals surface area contributed by atoms with E-state index < -0.39 is 17.7 Å². The van der Waals surface area contributed by atoms with E-state index in [2.05, 4.69) is 5.32 Å². The number of carbonyl (C=O) groups is 2. The molecule has 2 heterocycles. The zero-order valence-electron chi connectivity index (χ0n) is 12.1. The van der Waals surface area contributed by atoms with E-state index >= 15 is 0 Å². The summed E-state index contributed by atoms with van der Waals surface area (Å²) in [6.07, 6.45) is 3.60. The fourth-order valence-corrected chi connectivity index (χ4v) is 2.59. The molecule has 0 spiro atoms. The molecular weight excluding hydrogens is 270 g/mol. The second kappa shape index (κ2) is 4.91. The molecule has 1 N–H and O–H groups in total. The summed E-state index contributed by atoms with van der Waals surface area (Å²) in [4.78, 5) is 24.0. The molecule has 0 atom stereocenters. The van der Waals surface area contributed by atoms with E-state index in [1.165, 1.54) is 25.5 Å². The number of fused-ring (bicyclic) bond motifs is 1. The van der Waals surface area contributed by atoms with Crippen LogP contribution >= 0.6 is 0 Å². The second-order valence-electron chi connectivity index (χ2n) is 5.65. The van der Waals surface area contributed by atoms with Gasteiger partial charge < -0.3 is 14.8 Å². The highest BCUT2D eigenvalue weighted by Crippen LogP contribution is 2.30. The molecule has 3 rings (SSSR count). The Morgan fingerprint density at radius 3 is 2.62 bits per heavy atom. The van der Waals surface area contributed by atoms with Crippen LogP contribution in [0.25, 0.3) is 6.08 Å². The lowest BCUT2D eigenvalue weighted by Gasteiger charge is -2.30. The molecule has 5 nitrogen and oxygen atoms in total. The van der Waals surface area contributed by atoms with Gasteiger partial charge >= 0.3 is 11.9 Å². The largest absolute Gasteiger partial charge is 0.419 e. The third-order valence-corrected chi connectivity index (χ3v) is 3.52. The number of esters is 2. The van der Waals surface area contributed by atoms with Gasteiger partial charge in [0.1, 0.15) is 5.57 Å². The van der Waals surface area contributed by atoms with Gasteiger partial charge in [0.25, 0.3) is 5.79 Å². The van der Waals surface area contributed by atoms with Crippen molar-refractivity contribution in [2.45, 2.75) is 32.5 Å². The molecule has 0 radical (unpaired) electrons. The number of ether oxygens (including phenoxy) is 2. The lowest BCUT2D eigenvalue weighted by Crippen LogP contribution is -2.41. The van der Waals surface area contributed by atoms with Gasteiger partial charge in [-0.1, -0.05) is 18.2 Å². The molecule has 0 saturated carbocycles. The maximum Gasteiger partial charge on any atom is 0.348 e. The number of para-hydroxylation sites is 1. The molecule has 0 bridgehead atoms. The quantitative estimate of drug-likeness (QED) is 0.487. The van der Waals surface area contributed by atoms with Crippen LogP contribution in [0.3, 0.4) is 0 Å². The minimum atomic E-state index is -1.21. The van der Waals surface area contributed by atoms with Crippen molar-refractivity contribution in [3.8, 4) is 0 Å². The van der Waals surface area contributed by atoms with E-state index in [0.29, 0.717) is 0 Å². The van der Waals surface area contributed by atoms with Gasteiger partial charge in [-0.3, -0.25) is 0 Å². The summed E-state index contributed by atoms with van der Waals surface area (Å²) in [6.45, 7) is 3.95. The predicted molar refractivity (Wildman–Crippen MR) is 77.5 cm³/mol. The number of aryl methyl sites for hydroxylation is 1. The van der Waals surface area contributed by atoms with Gasteiger partial charge in [-0.2, -0.15) is 0 Å². The van der Waals surface area contributed by atoms with Crippen molar-refractivity contribution >= 4 is 23.7 Å². The molecule has 0 aromatic heterocycles. The number of anilines is 1. The number of nitrogens with one attached hydrogen (secondary N) is 1. The standard InChI is InChI=1S/C16H17NO4/c1-16(2)20-14(18)12(15(19)21-16)9-11-6-3-5-10-7-4-8-17-13(10)11/h3,5-6,9,17H,4,7-8H2,1-2H3. The van der Waals surface area contributed by atoms with Gasteiger partial charge in [-0.25, -0.2) is 9.59 Å². The van der Waals surface area contributed by atoms with E-state index in [9.17, 15) is 9.59 Å². The Morgan fingerprint density at radius 2 is 1.90 bits per heavy atom. The number of benzene rings is 1. The second-order valence-corrected chi connectivity index (χ2v) is 5.65. The Balaban J connectivity index is 1.99. The fourth-order valence-electron chi connectivity index (χ4n) is 2.59. The van der Waals surface area contributed by atoms with Crippen molar-refractivity contribution in [2.75, 3.05) is 11.9 Å². The molecule has 21 heavy (non-hydrogen) atoms. The SMILES string of the molecule is CC1(C)OC(=O)C(=Cc2cccc3c2NCCC3)C(=O)O1. The number of carbonyl (C=O) groups excluding carboxylic acids is 2. The van der Waals surface area contributed by atoms with Crippen molar-refractivity contribution in [1.82, 2.24) is 0 Å². The zero-order chi connectivity index (χ0) is 15.0. The first-order valence-electron chi connectivity index (χ1n) is 7.00. The number of rotatable bonds is 1. The first-order chi connectivity index (χ1) is 9.96. The molecule has 0 amide bonds. The van der Waals surface area contributed by atoms with Crippen LogP contribution in [-0.2, 0) is 25.5 Å². The first kappa shape index (κ1) is 13.7. The molecule has 110 valence electrons. The molecule has 2 aliphatic heterocycles. The van der Waals surface area contributed by atoms with Gasteiger partial charge in [0, 0.05) is 26.1 Å². The predicted octanol–water partition coefficient (Wildman–Crippen LogP) is 2.26. The minimum absolute atomic E-state index is 0.0740. The molecule has 2 aliphatic rings. The summed E-state index contributed by atoms with van der Waals surface area (Å²) in [7, 11) is 0. The van der Waals surface area contributed by atoms with Crippen molar-refractivity contribution < 1.29 is 19.1 Å². The van der Waals surface area contributed by atoms with Crippen molar-refractivity contribution in [3.05, 3.63) is 34.9 Å².